The number of nitrogens with zero attached hydrogens (tertiary/aromatic N) is 2. The minimum Gasteiger partial charge on any atom is -0.337 e. The molecule has 62 valence electrons. The highest BCUT2D eigenvalue weighted by Crippen LogP contribution is 2.02. The summed E-state index contributed by atoms with van der Waals surface area (Å²) in [7, 11) is 1.98. The third-order valence-electron chi connectivity index (χ3n) is 1.71. The quantitative estimate of drug-likeness (QED) is 0.699. The first kappa shape index (κ1) is 8.27. The third kappa shape index (κ3) is 1.80. The van der Waals surface area contributed by atoms with Crippen LogP contribution in [-0.2, 0) is 20.0 Å². The minimum atomic E-state index is 0.528. The fourth-order valence-electron chi connectivity index (χ4n) is 1.14. The third-order valence-corrected chi connectivity index (χ3v) is 1.71. The molecule has 1 rings (SSSR count). The fourth-order valence-corrected chi connectivity index (χ4v) is 1.14. The van der Waals surface area contributed by atoms with Crippen molar-refractivity contribution in [1.29, 1.82) is 0 Å². The van der Waals surface area contributed by atoms with Gasteiger partial charge in [-0.25, -0.2) is 4.98 Å². The van der Waals surface area contributed by atoms with Crippen LogP contribution in [0.1, 0.15) is 24.9 Å². The Balaban J connectivity index is 2.77. The zero-order chi connectivity index (χ0) is 8.27. The van der Waals surface area contributed by atoms with Crippen molar-refractivity contribution in [3.63, 3.8) is 0 Å². The molecule has 2 N–H and O–H groups in total. The first-order chi connectivity index (χ1) is 5.27. The summed E-state index contributed by atoms with van der Waals surface area (Å²) in [6.07, 6.45) is 4.24. The molecular formula is C8H15N3. The summed E-state index contributed by atoms with van der Waals surface area (Å²) >= 11 is 0. The summed E-state index contributed by atoms with van der Waals surface area (Å²) in [4.78, 5) is 4.36. The standard InChI is InChI=1S/C8H15N3/c1-3-4-7-6-11(2)8(5-9)10-7/h6H,3-5,9H2,1-2H3. The van der Waals surface area contributed by atoms with Crippen LogP contribution in [0.5, 0.6) is 0 Å². The Morgan fingerprint density at radius 2 is 2.36 bits per heavy atom. The highest BCUT2D eigenvalue weighted by molar-refractivity contribution is 5.03. The summed E-state index contributed by atoms with van der Waals surface area (Å²) < 4.78 is 1.99. The summed E-state index contributed by atoms with van der Waals surface area (Å²) in [5.41, 5.74) is 6.63. The van der Waals surface area contributed by atoms with Crippen LogP contribution in [0.3, 0.4) is 0 Å². The highest BCUT2D eigenvalue weighted by atomic mass is 15.1. The Hall–Kier alpha value is -0.830. The van der Waals surface area contributed by atoms with Crippen molar-refractivity contribution in [2.75, 3.05) is 0 Å². The van der Waals surface area contributed by atoms with Crippen LogP contribution in [0.4, 0.5) is 0 Å². The predicted molar refractivity (Wildman–Crippen MR) is 45.1 cm³/mol. The molecule has 3 heteroatoms. The molecule has 0 aliphatic carbocycles. The first-order valence-electron chi connectivity index (χ1n) is 3.99. The van der Waals surface area contributed by atoms with Gasteiger partial charge in [0.2, 0.25) is 0 Å². The van der Waals surface area contributed by atoms with Gasteiger partial charge in [-0.05, 0) is 6.42 Å². The van der Waals surface area contributed by atoms with Crippen LogP contribution in [0.15, 0.2) is 6.20 Å². The van der Waals surface area contributed by atoms with Crippen molar-refractivity contribution >= 4 is 0 Å². The second kappa shape index (κ2) is 3.53. The van der Waals surface area contributed by atoms with E-state index in [1.807, 2.05) is 17.8 Å². The monoisotopic (exact) mass is 153 g/mol. The molecule has 3 nitrogen and oxygen atoms in total. The molecule has 0 spiro atoms. The second-order valence-corrected chi connectivity index (χ2v) is 2.71. The van der Waals surface area contributed by atoms with E-state index in [2.05, 4.69) is 11.9 Å². The molecule has 0 atom stereocenters. The minimum absolute atomic E-state index is 0.528. The van der Waals surface area contributed by atoms with Gasteiger partial charge in [0.25, 0.3) is 0 Å². The molecule has 0 saturated carbocycles. The Bertz CT molecular complexity index is 227. The Kier molecular flexibility index (Phi) is 2.65. The van der Waals surface area contributed by atoms with Gasteiger partial charge < -0.3 is 10.3 Å². The number of aromatic nitrogens is 2. The molecule has 1 aromatic rings. The lowest BCUT2D eigenvalue weighted by Gasteiger charge is -1.92. The zero-order valence-corrected chi connectivity index (χ0v) is 7.17. The molecule has 0 radical (unpaired) electrons. The summed E-state index contributed by atoms with van der Waals surface area (Å²) in [5, 5.41) is 0. The first-order valence-corrected chi connectivity index (χ1v) is 3.99. The molecule has 0 saturated heterocycles. The summed E-state index contributed by atoms with van der Waals surface area (Å²) in [6, 6.07) is 0. The Morgan fingerprint density at radius 1 is 1.64 bits per heavy atom. The van der Waals surface area contributed by atoms with Gasteiger partial charge in [0.05, 0.1) is 12.2 Å². The van der Waals surface area contributed by atoms with Crippen LogP contribution >= 0.6 is 0 Å². The molecule has 0 aromatic carbocycles. The van der Waals surface area contributed by atoms with Gasteiger partial charge in [-0.1, -0.05) is 13.3 Å². The molecule has 11 heavy (non-hydrogen) atoms. The lowest BCUT2D eigenvalue weighted by atomic mass is 10.3. The number of rotatable bonds is 3. The average Bonchev–Trinajstić information content (AvgIpc) is 2.32. The van der Waals surface area contributed by atoms with E-state index in [-0.39, 0.29) is 0 Å². The Morgan fingerprint density at radius 3 is 2.82 bits per heavy atom. The van der Waals surface area contributed by atoms with Gasteiger partial charge in [0.15, 0.2) is 0 Å². The van der Waals surface area contributed by atoms with Crippen LogP contribution < -0.4 is 5.73 Å². The highest BCUT2D eigenvalue weighted by Gasteiger charge is 2.00. The lowest BCUT2D eigenvalue weighted by molar-refractivity contribution is 0.793. The van der Waals surface area contributed by atoms with Crippen molar-refractivity contribution in [3.8, 4) is 0 Å². The van der Waals surface area contributed by atoms with Gasteiger partial charge in [-0.15, -0.1) is 0 Å². The Labute approximate surface area is 67.2 Å². The van der Waals surface area contributed by atoms with E-state index in [1.54, 1.807) is 0 Å². The molecule has 0 aliphatic rings. The predicted octanol–water partition coefficient (Wildman–Crippen LogP) is 0.831. The number of imidazole rings is 1. The van der Waals surface area contributed by atoms with Crippen LogP contribution in [0.2, 0.25) is 0 Å². The molecule has 1 heterocycles. The molecule has 0 amide bonds. The van der Waals surface area contributed by atoms with Crippen LogP contribution in [0.25, 0.3) is 0 Å². The van der Waals surface area contributed by atoms with Crippen molar-refractivity contribution in [2.45, 2.75) is 26.3 Å². The largest absolute Gasteiger partial charge is 0.337 e. The maximum Gasteiger partial charge on any atom is 0.122 e. The van der Waals surface area contributed by atoms with E-state index >= 15 is 0 Å². The van der Waals surface area contributed by atoms with E-state index in [0.29, 0.717) is 6.54 Å². The number of aryl methyl sites for hydroxylation is 2. The van der Waals surface area contributed by atoms with Gasteiger partial charge in [0.1, 0.15) is 5.82 Å². The van der Waals surface area contributed by atoms with Gasteiger partial charge in [-0.3, -0.25) is 0 Å². The average molecular weight is 153 g/mol. The van der Waals surface area contributed by atoms with Gasteiger partial charge in [-0.2, -0.15) is 0 Å². The van der Waals surface area contributed by atoms with Crippen molar-refractivity contribution < 1.29 is 0 Å². The smallest absolute Gasteiger partial charge is 0.122 e. The summed E-state index contributed by atoms with van der Waals surface area (Å²) in [5.74, 6) is 0.966. The normalized spacial score (nSPS) is 10.5. The van der Waals surface area contributed by atoms with E-state index in [9.17, 15) is 0 Å². The molecule has 0 unspecified atom stereocenters. The van der Waals surface area contributed by atoms with E-state index in [4.69, 9.17) is 5.73 Å². The lowest BCUT2D eigenvalue weighted by Crippen LogP contribution is -2.03. The van der Waals surface area contributed by atoms with Crippen LogP contribution in [-0.4, -0.2) is 9.55 Å². The van der Waals surface area contributed by atoms with Gasteiger partial charge in [0, 0.05) is 13.2 Å². The molecule has 0 fully saturated rings. The molecular weight excluding hydrogens is 138 g/mol. The number of hydrogen-bond acceptors (Lipinski definition) is 2. The van der Waals surface area contributed by atoms with Crippen LogP contribution in [0, 0.1) is 0 Å². The van der Waals surface area contributed by atoms with Crippen molar-refractivity contribution in [2.24, 2.45) is 12.8 Å². The second-order valence-electron chi connectivity index (χ2n) is 2.71. The van der Waals surface area contributed by atoms with Crippen molar-refractivity contribution in [3.05, 3.63) is 17.7 Å². The fraction of sp³-hybridized carbons (Fsp3) is 0.625. The van der Waals surface area contributed by atoms with Gasteiger partial charge >= 0.3 is 0 Å². The van der Waals surface area contributed by atoms with Crippen molar-refractivity contribution in [1.82, 2.24) is 9.55 Å². The van der Waals surface area contributed by atoms with E-state index < -0.39 is 0 Å². The van der Waals surface area contributed by atoms with E-state index in [0.717, 1.165) is 24.4 Å². The topological polar surface area (TPSA) is 43.8 Å². The molecule has 1 aromatic heterocycles. The molecule has 0 aliphatic heterocycles. The summed E-state index contributed by atoms with van der Waals surface area (Å²) in [6.45, 7) is 2.68. The SMILES string of the molecule is CCCc1cn(C)c(CN)n1. The zero-order valence-electron chi connectivity index (χ0n) is 7.17. The maximum absolute atomic E-state index is 5.48. The number of nitrogens with two attached hydrogens (primary N) is 1. The maximum atomic E-state index is 5.48. The molecule has 0 bridgehead atoms. The van der Waals surface area contributed by atoms with E-state index in [1.165, 1.54) is 0 Å². The number of hydrogen-bond donors (Lipinski definition) is 1.